The third kappa shape index (κ3) is 3.15. The molecule has 5 heteroatoms. The monoisotopic (exact) mass is 493 g/mol. The van der Waals surface area contributed by atoms with Crippen LogP contribution in [0.4, 0.5) is 0 Å². The Labute approximate surface area is 216 Å². The summed E-state index contributed by atoms with van der Waals surface area (Å²) in [6, 6.07) is 2.19. The van der Waals surface area contributed by atoms with Crippen LogP contribution in [0, 0.1) is 68.0 Å². The molecule has 5 nitrogen and oxygen atoms in total. The maximum atomic E-state index is 14.2. The SMILES string of the molecule is COC(=O)[C@@]12CCC3C(C(=O)C[C@@H]4[C@@]5(C)C=C(C#N)C(=O)C(C)(C)[C@@H]5CC[C@@]34C)C1CC(C)(C)CC2. The highest BCUT2D eigenvalue weighted by Crippen LogP contribution is 2.71. The minimum atomic E-state index is -0.615. The Bertz CT molecular complexity index is 1090. The van der Waals surface area contributed by atoms with Crippen molar-refractivity contribution in [2.75, 3.05) is 7.11 Å². The van der Waals surface area contributed by atoms with Crippen LogP contribution in [0.1, 0.15) is 92.9 Å². The fraction of sp³-hybridized carbons (Fsp3) is 0.806. The number of carbonyl (C=O) groups is 3. The molecule has 5 aliphatic rings. The molecule has 0 aromatic carbocycles. The highest BCUT2D eigenvalue weighted by atomic mass is 16.5. The molecule has 4 fully saturated rings. The van der Waals surface area contributed by atoms with Crippen molar-refractivity contribution in [2.45, 2.75) is 92.9 Å². The summed E-state index contributed by atoms with van der Waals surface area (Å²) in [5.74, 6) is 0.458. The normalized spacial score (nSPS) is 46.7. The van der Waals surface area contributed by atoms with Crippen molar-refractivity contribution in [1.29, 1.82) is 5.26 Å². The first-order valence-corrected chi connectivity index (χ1v) is 14.0. The van der Waals surface area contributed by atoms with Crippen molar-refractivity contribution in [3.8, 4) is 6.07 Å². The zero-order valence-corrected chi connectivity index (χ0v) is 23.2. The van der Waals surface area contributed by atoms with Gasteiger partial charge in [0.15, 0.2) is 5.78 Å². The van der Waals surface area contributed by atoms with E-state index < -0.39 is 10.8 Å². The molecule has 0 aromatic rings. The number of nitriles is 1. The average molecular weight is 494 g/mol. The van der Waals surface area contributed by atoms with Gasteiger partial charge in [0.25, 0.3) is 0 Å². The molecule has 0 saturated heterocycles. The zero-order valence-electron chi connectivity index (χ0n) is 23.2. The number of nitrogens with zero attached hydrogens (tertiary/aromatic N) is 1. The standard InChI is InChI=1S/C31H43NO4/c1-27(2)12-13-31(26(35)36-7)11-8-19-24(20(31)16-27)21(33)14-23-29(19,5)10-9-22-28(3,4)25(34)18(17-32)15-30(22,23)6/h15,19-20,22-24H,8-14,16H2,1-7H3/t19?,20?,22-,23-,24?,29-,30-,31+/m0/s1. The van der Waals surface area contributed by atoms with E-state index in [1.165, 1.54) is 7.11 Å². The third-order valence-corrected chi connectivity index (χ3v) is 12.3. The number of rotatable bonds is 1. The van der Waals surface area contributed by atoms with E-state index in [-0.39, 0.29) is 63.2 Å². The predicted octanol–water partition coefficient (Wildman–Crippen LogP) is 6.07. The van der Waals surface area contributed by atoms with E-state index in [0.717, 1.165) is 44.9 Å². The van der Waals surface area contributed by atoms with Gasteiger partial charge in [-0.15, -0.1) is 0 Å². The summed E-state index contributed by atoms with van der Waals surface area (Å²) in [6.45, 7) is 13.1. The number of Topliss-reactive ketones (excluding diaryl/α,β-unsaturated/α-hetero) is 2. The summed E-state index contributed by atoms with van der Waals surface area (Å²) in [5, 5.41) is 9.83. The number of ketones is 2. The maximum Gasteiger partial charge on any atom is 0.312 e. The van der Waals surface area contributed by atoms with Crippen molar-refractivity contribution in [3.63, 3.8) is 0 Å². The van der Waals surface area contributed by atoms with Gasteiger partial charge in [-0.3, -0.25) is 14.4 Å². The van der Waals surface area contributed by atoms with Crippen molar-refractivity contribution < 1.29 is 19.1 Å². The molecule has 0 N–H and O–H groups in total. The molecule has 4 saturated carbocycles. The summed E-state index contributed by atoms with van der Waals surface area (Å²) in [4.78, 5) is 40.7. The van der Waals surface area contributed by atoms with E-state index in [4.69, 9.17) is 4.74 Å². The van der Waals surface area contributed by atoms with Crippen LogP contribution in [0.3, 0.4) is 0 Å². The van der Waals surface area contributed by atoms with E-state index in [0.29, 0.717) is 12.2 Å². The van der Waals surface area contributed by atoms with Crippen LogP contribution < -0.4 is 0 Å². The van der Waals surface area contributed by atoms with Gasteiger partial charge in [-0.2, -0.15) is 5.26 Å². The molecule has 0 aliphatic heterocycles. The molecule has 0 spiro atoms. The van der Waals surface area contributed by atoms with Crippen LogP contribution in [0.2, 0.25) is 0 Å². The Kier molecular flexibility index (Phi) is 5.55. The third-order valence-electron chi connectivity index (χ3n) is 12.3. The van der Waals surface area contributed by atoms with Gasteiger partial charge >= 0.3 is 5.97 Å². The minimum absolute atomic E-state index is 0.0258. The van der Waals surface area contributed by atoms with Crippen LogP contribution in [0.25, 0.3) is 0 Å². The van der Waals surface area contributed by atoms with Crippen molar-refractivity contribution in [3.05, 3.63) is 11.6 Å². The molecule has 0 aromatic heterocycles. The van der Waals surface area contributed by atoms with E-state index in [9.17, 15) is 19.6 Å². The number of hydrogen-bond acceptors (Lipinski definition) is 5. The second-order valence-electron chi connectivity index (χ2n) is 14.7. The first kappa shape index (κ1) is 25.7. The first-order valence-electron chi connectivity index (χ1n) is 14.0. The lowest BCUT2D eigenvalue weighted by atomic mass is 9.35. The summed E-state index contributed by atoms with van der Waals surface area (Å²) in [7, 11) is 1.49. The van der Waals surface area contributed by atoms with Gasteiger partial charge in [-0.1, -0.05) is 47.6 Å². The molecule has 3 unspecified atom stereocenters. The van der Waals surface area contributed by atoms with Crippen molar-refractivity contribution >= 4 is 17.5 Å². The van der Waals surface area contributed by atoms with Gasteiger partial charge in [0.05, 0.1) is 18.1 Å². The van der Waals surface area contributed by atoms with Gasteiger partial charge in [0.2, 0.25) is 0 Å². The Hall–Kier alpha value is -1.96. The predicted molar refractivity (Wildman–Crippen MR) is 136 cm³/mol. The highest BCUT2D eigenvalue weighted by Gasteiger charge is 2.69. The first-order chi connectivity index (χ1) is 16.7. The Morgan fingerprint density at radius 1 is 0.972 bits per heavy atom. The lowest BCUT2D eigenvalue weighted by Gasteiger charge is -2.67. The molecule has 196 valence electrons. The van der Waals surface area contributed by atoms with E-state index in [1.807, 2.05) is 19.9 Å². The van der Waals surface area contributed by atoms with Crippen molar-refractivity contribution in [2.24, 2.45) is 56.7 Å². The molecule has 0 bridgehead atoms. The number of carbonyl (C=O) groups excluding carboxylic acids is 3. The summed E-state index contributed by atoms with van der Waals surface area (Å²) < 4.78 is 5.39. The Morgan fingerprint density at radius 2 is 1.67 bits per heavy atom. The average Bonchev–Trinajstić information content (AvgIpc) is 2.81. The van der Waals surface area contributed by atoms with E-state index in [2.05, 4.69) is 33.8 Å². The molecule has 8 atom stereocenters. The number of methoxy groups -OCH3 is 1. The topological polar surface area (TPSA) is 84.2 Å². The van der Waals surface area contributed by atoms with Gasteiger partial charge in [0, 0.05) is 17.8 Å². The highest BCUT2D eigenvalue weighted by molar-refractivity contribution is 6.04. The molecule has 0 amide bonds. The van der Waals surface area contributed by atoms with Crippen LogP contribution in [0.15, 0.2) is 11.6 Å². The maximum absolute atomic E-state index is 14.2. The number of ether oxygens (including phenoxy) is 1. The second kappa shape index (κ2) is 7.78. The number of hydrogen-bond donors (Lipinski definition) is 0. The molecular formula is C31H43NO4. The van der Waals surface area contributed by atoms with E-state index in [1.54, 1.807) is 0 Å². The van der Waals surface area contributed by atoms with E-state index >= 15 is 0 Å². The molecule has 5 aliphatic carbocycles. The fourth-order valence-corrected chi connectivity index (χ4v) is 10.5. The lowest BCUT2D eigenvalue weighted by Crippen LogP contribution is -2.65. The van der Waals surface area contributed by atoms with Gasteiger partial charge in [0.1, 0.15) is 11.9 Å². The smallest absolute Gasteiger partial charge is 0.312 e. The lowest BCUT2D eigenvalue weighted by molar-refractivity contribution is -0.199. The second-order valence-corrected chi connectivity index (χ2v) is 14.7. The zero-order chi connectivity index (χ0) is 26.5. The molecular weight excluding hydrogens is 450 g/mol. The van der Waals surface area contributed by atoms with Crippen LogP contribution in [-0.4, -0.2) is 24.6 Å². The van der Waals surface area contributed by atoms with Crippen molar-refractivity contribution in [1.82, 2.24) is 0 Å². The Morgan fingerprint density at radius 3 is 2.31 bits per heavy atom. The number of esters is 1. The summed E-state index contributed by atoms with van der Waals surface area (Å²) in [5.41, 5.74) is -1.24. The quantitative estimate of drug-likeness (QED) is 0.414. The van der Waals surface area contributed by atoms with Crippen LogP contribution in [-0.2, 0) is 19.1 Å². The van der Waals surface area contributed by atoms with Gasteiger partial charge in [-0.05, 0) is 84.9 Å². The number of fused-ring (bicyclic) bond motifs is 7. The minimum Gasteiger partial charge on any atom is -0.469 e. The summed E-state index contributed by atoms with van der Waals surface area (Å²) in [6.07, 6.45) is 8.66. The molecule has 36 heavy (non-hydrogen) atoms. The van der Waals surface area contributed by atoms with Gasteiger partial charge in [-0.25, -0.2) is 0 Å². The molecule has 5 rings (SSSR count). The van der Waals surface area contributed by atoms with Crippen LogP contribution >= 0.6 is 0 Å². The van der Waals surface area contributed by atoms with Gasteiger partial charge < -0.3 is 4.74 Å². The van der Waals surface area contributed by atoms with Crippen LogP contribution in [0.5, 0.6) is 0 Å². The number of allylic oxidation sites excluding steroid dienone is 2. The largest absolute Gasteiger partial charge is 0.469 e. The Balaban J connectivity index is 1.60. The molecule has 0 radical (unpaired) electrons. The summed E-state index contributed by atoms with van der Waals surface area (Å²) >= 11 is 0. The molecule has 0 heterocycles. The fourth-order valence-electron chi connectivity index (χ4n) is 10.5.